The molecule has 0 saturated heterocycles. The number of hydrogen-bond donors (Lipinski definition) is 2. The summed E-state index contributed by atoms with van der Waals surface area (Å²) in [5.41, 5.74) is 1.74. The molecule has 2 N–H and O–H groups in total. The van der Waals surface area contributed by atoms with Crippen LogP contribution in [0.4, 0.5) is 5.69 Å². The van der Waals surface area contributed by atoms with Crippen molar-refractivity contribution in [2.75, 3.05) is 11.9 Å². The fraction of sp³-hybridized carbons (Fsp3) is 0.364. The summed E-state index contributed by atoms with van der Waals surface area (Å²) in [5, 5.41) is 12.0. The summed E-state index contributed by atoms with van der Waals surface area (Å²) >= 11 is 0. The van der Waals surface area contributed by atoms with Crippen LogP contribution in [-0.2, 0) is 4.79 Å². The minimum atomic E-state index is -0.796. The molecule has 1 aromatic rings. The van der Waals surface area contributed by atoms with E-state index >= 15 is 0 Å². The fourth-order valence-electron chi connectivity index (χ4n) is 1.36. The Labute approximate surface area is 83.8 Å². The fourth-order valence-corrected chi connectivity index (χ4v) is 1.36. The monoisotopic (exact) mass is 193 g/mol. The molecule has 0 fully saturated rings. The molecule has 14 heavy (non-hydrogen) atoms. The summed E-state index contributed by atoms with van der Waals surface area (Å²) in [4.78, 5) is 10.8. The van der Waals surface area contributed by atoms with E-state index in [2.05, 4.69) is 5.32 Å². The van der Waals surface area contributed by atoms with E-state index < -0.39 is 11.9 Å². The Bertz CT molecular complexity index is 323. The van der Waals surface area contributed by atoms with E-state index in [0.29, 0.717) is 0 Å². The minimum absolute atomic E-state index is 0.467. The lowest BCUT2D eigenvalue weighted by atomic mass is 9.99. The normalized spacial score (nSPS) is 12.1. The Balaban J connectivity index is 3.00. The Morgan fingerprint density at radius 2 is 2.14 bits per heavy atom. The van der Waals surface area contributed by atoms with E-state index in [1.54, 1.807) is 6.92 Å². The number of aliphatic carboxylic acids is 1. The number of hydrogen-bond acceptors (Lipinski definition) is 2. The van der Waals surface area contributed by atoms with Crippen molar-refractivity contribution in [2.45, 2.75) is 19.8 Å². The second-order valence-corrected chi connectivity index (χ2v) is 3.18. The van der Waals surface area contributed by atoms with Crippen molar-refractivity contribution in [3.05, 3.63) is 29.8 Å². The number of anilines is 1. The van der Waals surface area contributed by atoms with E-state index in [9.17, 15) is 4.79 Å². The van der Waals surface area contributed by atoms with Gasteiger partial charge >= 0.3 is 5.97 Å². The minimum Gasteiger partial charge on any atom is -0.481 e. The van der Waals surface area contributed by atoms with Crippen molar-refractivity contribution in [1.29, 1.82) is 0 Å². The highest BCUT2D eigenvalue weighted by Gasteiger charge is 2.16. The van der Waals surface area contributed by atoms with Crippen molar-refractivity contribution in [3.8, 4) is 0 Å². The van der Waals surface area contributed by atoms with Crippen LogP contribution >= 0.6 is 0 Å². The summed E-state index contributed by atoms with van der Waals surface area (Å²) in [5.74, 6) is -1.26. The molecular weight excluding hydrogens is 178 g/mol. The molecule has 1 atom stereocenters. The van der Waals surface area contributed by atoms with Crippen LogP contribution in [0.15, 0.2) is 24.3 Å². The van der Waals surface area contributed by atoms with Crippen LogP contribution in [-0.4, -0.2) is 17.6 Å². The van der Waals surface area contributed by atoms with Crippen LogP contribution in [0.5, 0.6) is 0 Å². The molecule has 0 spiro atoms. The van der Waals surface area contributed by atoms with Crippen LogP contribution in [0, 0.1) is 0 Å². The van der Waals surface area contributed by atoms with E-state index in [4.69, 9.17) is 5.11 Å². The van der Waals surface area contributed by atoms with Gasteiger partial charge in [0.05, 0.1) is 5.92 Å². The molecule has 1 aromatic carbocycles. The molecule has 0 aliphatic heterocycles. The topological polar surface area (TPSA) is 49.3 Å². The molecule has 3 heteroatoms. The zero-order valence-electron chi connectivity index (χ0n) is 8.45. The molecule has 3 nitrogen and oxygen atoms in total. The van der Waals surface area contributed by atoms with Gasteiger partial charge in [-0.1, -0.05) is 18.2 Å². The standard InChI is InChI=1S/C11H15NO2/c1-3-12-10-7-5-4-6-9(10)8(2)11(13)14/h4-8,12H,3H2,1-2H3,(H,13,14). The number of carboxylic acid groups (broad SMARTS) is 1. The van der Waals surface area contributed by atoms with Gasteiger partial charge < -0.3 is 10.4 Å². The average Bonchev–Trinajstić information content (AvgIpc) is 2.18. The van der Waals surface area contributed by atoms with Crippen molar-refractivity contribution >= 4 is 11.7 Å². The van der Waals surface area contributed by atoms with Crippen molar-refractivity contribution in [1.82, 2.24) is 0 Å². The molecule has 0 heterocycles. The highest BCUT2D eigenvalue weighted by Crippen LogP contribution is 2.24. The van der Waals surface area contributed by atoms with Crippen LogP contribution < -0.4 is 5.32 Å². The van der Waals surface area contributed by atoms with E-state index in [0.717, 1.165) is 17.8 Å². The summed E-state index contributed by atoms with van der Waals surface area (Å²) < 4.78 is 0. The lowest BCUT2D eigenvalue weighted by Gasteiger charge is -2.13. The molecule has 1 unspecified atom stereocenters. The smallest absolute Gasteiger partial charge is 0.310 e. The second kappa shape index (κ2) is 4.65. The number of rotatable bonds is 4. The molecule has 0 amide bonds. The van der Waals surface area contributed by atoms with Gasteiger partial charge in [-0.15, -0.1) is 0 Å². The van der Waals surface area contributed by atoms with Crippen LogP contribution in [0.3, 0.4) is 0 Å². The Hall–Kier alpha value is -1.51. The summed E-state index contributed by atoms with van der Waals surface area (Å²) in [6.07, 6.45) is 0. The first kappa shape index (κ1) is 10.6. The van der Waals surface area contributed by atoms with Gasteiger partial charge in [0.1, 0.15) is 0 Å². The highest BCUT2D eigenvalue weighted by atomic mass is 16.4. The van der Waals surface area contributed by atoms with Crippen LogP contribution in [0.2, 0.25) is 0 Å². The number of carboxylic acids is 1. The first-order chi connectivity index (χ1) is 6.66. The predicted molar refractivity (Wildman–Crippen MR) is 56.7 cm³/mol. The lowest BCUT2D eigenvalue weighted by molar-refractivity contribution is -0.138. The largest absolute Gasteiger partial charge is 0.481 e. The maximum Gasteiger partial charge on any atom is 0.310 e. The Morgan fingerprint density at radius 3 is 2.71 bits per heavy atom. The summed E-state index contributed by atoms with van der Waals surface area (Å²) in [7, 11) is 0. The van der Waals surface area contributed by atoms with Gasteiger partial charge in [-0.2, -0.15) is 0 Å². The molecule has 1 rings (SSSR count). The van der Waals surface area contributed by atoms with E-state index in [1.165, 1.54) is 0 Å². The SMILES string of the molecule is CCNc1ccccc1C(C)C(=O)O. The van der Waals surface area contributed by atoms with Gasteiger partial charge in [0, 0.05) is 12.2 Å². The first-order valence-corrected chi connectivity index (χ1v) is 4.72. The van der Waals surface area contributed by atoms with Crippen LogP contribution in [0.25, 0.3) is 0 Å². The number of benzene rings is 1. The van der Waals surface area contributed by atoms with E-state index in [1.807, 2.05) is 31.2 Å². The maximum atomic E-state index is 10.8. The molecule has 76 valence electrons. The van der Waals surface area contributed by atoms with Crippen molar-refractivity contribution < 1.29 is 9.90 Å². The third-order valence-electron chi connectivity index (χ3n) is 2.16. The summed E-state index contributed by atoms with van der Waals surface area (Å²) in [6, 6.07) is 7.50. The van der Waals surface area contributed by atoms with Crippen LogP contribution in [0.1, 0.15) is 25.3 Å². The molecule has 0 aromatic heterocycles. The Kier molecular flexibility index (Phi) is 3.51. The number of nitrogens with one attached hydrogen (secondary N) is 1. The van der Waals surface area contributed by atoms with Crippen molar-refractivity contribution in [2.24, 2.45) is 0 Å². The van der Waals surface area contributed by atoms with Gasteiger partial charge in [-0.05, 0) is 25.5 Å². The van der Waals surface area contributed by atoms with Gasteiger partial charge in [-0.25, -0.2) is 0 Å². The first-order valence-electron chi connectivity index (χ1n) is 4.72. The quantitative estimate of drug-likeness (QED) is 0.771. The summed E-state index contributed by atoms with van der Waals surface area (Å²) in [6.45, 7) is 4.48. The molecule has 0 radical (unpaired) electrons. The second-order valence-electron chi connectivity index (χ2n) is 3.18. The molecule has 0 aliphatic rings. The predicted octanol–water partition coefficient (Wildman–Crippen LogP) is 2.31. The van der Waals surface area contributed by atoms with E-state index in [-0.39, 0.29) is 0 Å². The molecule has 0 bridgehead atoms. The van der Waals surface area contributed by atoms with Crippen molar-refractivity contribution in [3.63, 3.8) is 0 Å². The zero-order chi connectivity index (χ0) is 10.6. The highest BCUT2D eigenvalue weighted by molar-refractivity contribution is 5.78. The number of carbonyl (C=O) groups is 1. The average molecular weight is 193 g/mol. The van der Waals surface area contributed by atoms with Gasteiger partial charge in [0.15, 0.2) is 0 Å². The third-order valence-corrected chi connectivity index (χ3v) is 2.16. The molecule has 0 saturated carbocycles. The third kappa shape index (κ3) is 2.25. The number of para-hydroxylation sites is 1. The molecular formula is C11H15NO2. The van der Waals surface area contributed by atoms with Gasteiger partial charge in [-0.3, -0.25) is 4.79 Å². The van der Waals surface area contributed by atoms with Gasteiger partial charge in [0.2, 0.25) is 0 Å². The lowest BCUT2D eigenvalue weighted by Crippen LogP contribution is -2.10. The maximum absolute atomic E-state index is 10.8. The van der Waals surface area contributed by atoms with Gasteiger partial charge in [0.25, 0.3) is 0 Å². The Morgan fingerprint density at radius 1 is 1.50 bits per heavy atom. The zero-order valence-corrected chi connectivity index (χ0v) is 8.45. The molecule has 0 aliphatic carbocycles.